The number of hydrogen-bond acceptors (Lipinski definition) is 13. The highest BCUT2D eigenvalue weighted by atomic mass is 32.2. The minimum Gasteiger partial charge on any atom is -0.453 e. The van der Waals surface area contributed by atoms with E-state index in [1.807, 2.05) is 0 Å². The van der Waals surface area contributed by atoms with Crippen molar-refractivity contribution >= 4 is 51.7 Å². The number of carbonyl (C=O) groups excluding carboxylic acids is 3. The van der Waals surface area contributed by atoms with Crippen LogP contribution in [0.25, 0.3) is 0 Å². The first-order valence-corrected chi connectivity index (χ1v) is 12.3. The van der Waals surface area contributed by atoms with Gasteiger partial charge >= 0.3 is 11.8 Å². The van der Waals surface area contributed by atoms with Gasteiger partial charge in [0.25, 0.3) is 11.8 Å². The molecule has 0 unspecified atom stereocenters. The first-order chi connectivity index (χ1) is 17.1. The third-order valence-electron chi connectivity index (χ3n) is 5.30. The van der Waals surface area contributed by atoms with Gasteiger partial charge in [-0.3, -0.25) is 14.5 Å². The van der Waals surface area contributed by atoms with Crippen molar-refractivity contribution in [2.75, 3.05) is 18.6 Å². The fourth-order valence-electron chi connectivity index (χ4n) is 3.54. The smallest absolute Gasteiger partial charge is 0.453 e. The van der Waals surface area contributed by atoms with Crippen LogP contribution in [0.15, 0.2) is 47.6 Å². The first-order valence-electron chi connectivity index (χ1n) is 10.4. The van der Waals surface area contributed by atoms with Crippen LogP contribution in [0.4, 0.5) is 5.13 Å². The second-order valence-corrected chi connectivity index (χ2v) is 9.67. The van der Waals surface area contributed by atoms with E-state index >= 15 is 0 Å². The number of nitrogens with one attached hydrogen (secondary N) is 1. The number of β-lactam (4-membered cyclic amide) rings is 1. The summed E-state index contributed by atoms with van der Waals surface area (Å²) >= 11 is 2.47. The van der Waals surface area contributed by atoms with Gasteiger partial charge in [0.1, 0.15) is 29.9 Å². The molecule has 4 rings (SSSR count). The highest BCUT2D eigenvalue weighted by Crippen LogP contribution is 2.42. The van der Waals surface area contributed by atoms with E-state index in [0.717, 1.165) is 11.3 Å². The second kappa shape index (κ2) is 10.0. The molecular formula is C21H21N5O8S2. The average Bonchev–Trinajstić information content (AvgIpc) is 3.41. The lowest BCUT2D eigenvalue weighted by atomic mass is 10.00. The van der Waals surface area contributed by atoms with E-state index in [0.29, 0.717) is 16.9 Å². The number of fused-ring (bicyclic) bond motifs is 1. The number of nitrogens with zero attached hydrogens (tertiary/aromatic N) is 3. The highest BCUT2D eigenvalue weighted by Gasteiger charge is 2.54. The maximum Gasteiger partial charge on any atom is 0.519 e. The Balaban J connectivity index is 1.52. The Hall–Kier alpha value is -3.85. The maximum atomic E-state index is 13.1. The zero-order valence-corrected chi connectivity index (χ0v) is 21.0. The van der Waals surface area contributed by atoms with Gasteiger partial charge < -0.3 is 29.5 Å². The van der Waals surface area contributed by atoms with Crippen molar-refractivity contribution in [3.8, 4) is 0 Å². The van der Waals surface area contributed by atoms with Gasteiger partial charge in [-0.15, -0.1) is 23.1 Å². The van der Waals surface area contributed by atoms with E-state index in [1.165, 1.54) is 36.1 Å². The number of esters is 1. The fourth-order valence-corrected chi connectivity index (χ4v) is 5.55. The third-order valence-corrected chi connectivity index (χ3v) is 7.25. The number of thiazole rings is 1. The number of nitrogens with two attached hydrogens (primary N) is 1. The SMILES string of the molecule is C=C(C)C1=C(C(=O)OCc2oc(=O)oc2C)N2C(=O)[C@@H](NC(=O)/C(=N/OC)c3csc(N)n3)[C@H]2SC1. The number of anilines is 1. The Labute approximate surface area is 212 Å². The van der Waals surface area contributed by atoms with Crippen LogP contribution in [0.5, 0.6) is 0 Å². The summed E-state index contributed by atoms with van der Waals surface area (Å²) in [6.07, 6.45) is 0. The van der Waals surface area contributed by atoms with Crippen LogP contribution in [-0.2, 0) is 30.6 Å². The third kappa shape index (κ3) is 4.66. The molecule has 2 aromatic rings. The number of aryl methyl sites for hydroxylation is 1. The Kier molecular flexibility index (Phi) is 7.03. The van der Waals surface area contributed by atoms with Crippen molar-refractivity contribution in [2.24, 2.45) is 5.16 Å². The van der Waals surface area contributed by atoms with Crippen LogP contribution in [0.2, 0.25) is 0 Å². The summed E-state index contributed by atoms with van der Waals surface area (Å²) in [6.45, 7) is 6.73. The molecule has 2 aromatic heterocycles. The van der Waals surface area contributed by atoms with Gasteiger partial charge in [0, 0.05) is 11.1 Å². The van der Waals surface area contributed by atoms with Crippen LogP contribution < -0.4 is 16.9 Å². The summed E-state index contributed by atoms with van der Waals surface area (Å²) in [4.78, 5) is 60.3. The summed E-state index contributed by atoms with van der Waals surface area (Å²) in [5.41, 5.74) is 6.83. The molecule has 190 valence electrons. The van der Waals surface area contributed by atoms with E-state index in [-0.39, 0.29) is 40.4 Å². The Morgan fingerprint density at radius 1 is 1.39 bits per heavy atom. The molecule has 2 aliphatic rings. The minimum absolute atomic E-state index is 0.0169. The molecule has 4 heterocycles. The Morgan fingerprint density at radius 2 is 2.14 bits per heavy atom. The lowest BCUT2D eigenvalue weighted by Gasteiger charge is -2.49. The number of oxime groups is 1. The molecule has 0 radical (unpaired) electrons. The number of allylic oxidation sites excluding steroid dienone is 1. The summed E-state index contributed by atoms with van der Waals surface area (Å²) in [7, 11) is 1.27. The van der Waals surface area contributed by atoms with Crippen LogP contribution in [-0.4, -0.2) is 57.7 Å². The molecule has 3 N–H and O–H groups in total. The van der Waals surface area contributed by atoms with E-state index in [9.17, 15) is 19.2 Å². The molecule has 1 fully saturated rings. The highest BCUT2D eigenvalue weighted by molar-refractivity contribution is 8.00. The van der Waals surface area contributed by atoms with Crippen molar-refractivity contribution in [3.05, 3.63) is 56.6 Å². The van der Waals surface area contributed by atoms with Gasteiger partial charge in [-0.2, -0.15) is 0 Å². The topological polar surface area (TPSA) is 180 Å². The summed E-state index contributed by atoms with van der Waals surface area (Å²) in [5, 5.41) is 7.55. The van der Waals surface area contributed by atoms with Gasteiger partial charge in [-0.25, -0.2) is 14.6 Å². The quantitative estimate of drug-likeness (QED) is 0.212. The Morgan fingerprint density at radius 3 is 2.72 bits per heavy atom. The zero-order valence-electron chi connectivity index (χ0n) is 19.4. The molecule has 2 atom stereocenters. The summed E-state index contributed by atoms with van der Waals surface area (Å²) < 4.78 is 14.9. The number of nitrogen functional groups attached to an aromatic ring is 1. The fraction of sp³-hybridized carbons (Fsp3) is 0.333. The summed E-state index contributed by atoms with van der Waals surface area (Å²) in [5.74, 6) is -2.35. The number of thioether (sulfide) groups is 1. The molecule has 15 heteroatoms. The molecule has 2 amide bonds. The van der Waals surface area contributed by atoms with Gasteiger partial charge in [-0.1, -0.05) is 17.3 Å². The molecule has 2 aliphatic heterocycles. The Bertz CT molecular complexity index is 1370. The molecule has 0 bridgehead atoms. The molecule has 0 aliphatic carbocycles. The lowest BCUT2D eigenvalue weighted by molar-refractivity contribution is -0.153. The first kappa shape index (κ1) is 25.2. The number of aromatic nitrogens is 1. The minimum atomic E-state index is -0.941. The maximum absolute atomic E-state index is 13.1. The van der Waals surface area contributed by atoms with Crippen molar-refractivity contribution in [3.63, 3.8) is 0 Å². The summed E-state index contributed by atoms with van der Waals surface area (Å²) in [6, 6.07) is -0.941. The largest absolute Gasteiger partial charge is 0.519 e. The average molecular weight is 536 g/mol. The van der Waals surface area contributed by atoms with Gasteiger partial charge in [0.15, 0.2) is 29.0 Å². The van der Waals surface area contributed by atoms with E-state index in [1.54, 1.807) is 6.92 Å². The predicted octanol–water partition coefficient (Wildman–Crippen LogP) is 0.904. The van der Waals surface area contributed by atoms with Crippen LogP contribution in [0.1, 0.15) is 24.1 Å². The molecule has 36 heavy (non-hydrogen) atoms. The monoisotopic (exact) mass is 535 g/mol. The number of hydrogen-bond donors (Lipinski definition) is 2. The van der Waals surface area contributed by atoms with Crippen molar-refractivity contribution < 1.29 is 32.8 Å². The van der Waals surface area contributed by atoms with E-state index < -0.39 is 35.0 Å². The normalized spacial score (nSPS) is 19.5. The molecule has 0 saturated carbocycles. The van der Waals surface area contributed by atoms with Crippen LogP contribution >= 0.6 is 23.1 Å². The van der Waals surface area contributed by atoms with Gasteiger partial charge in [0.05, 0.1) is 0 Å². The predicted molar refractivity (Wildman–Crippen MR) is 129 cm³/mol. The molecule has 0 spiro atoms. The van der Waals surface area contributed by atoms with Crippen molar-refractivity contribution in [2.45, 2.75) is 31.9 Å². The molecule has 1 saturated heterocycles. The standard InChI is InChI=1S/C21H21N5O8S2/c1-8(2)10-6-35-18-14(24-16(27)13(25-31-4)11-7-36-20(22)23-11)17(28)26(18)15(10)19(29)32-5-12-9(3)33-21(30)34-12/h7,14,18H,1,5-6H2,2-4H3,(H2,22,23)(H,24,27)/b25-13+/t14-,18-/m1/s1. The van der Waals surface area contributed by atoms with Crippen LogP contribution in [0, 0.1) is 6.92 Å². The number of rotatable bonds is 8. The van der Waals surface area contributed by atoms with E-state index in [2.05, 4.69) is 22.0 Å². The second-order valence-electron chi connectivity index (χ2n) is 7.67. The molecule has 13 nitrogen and oxygen atoms in total. The number of ether oxygens (including phenoxy) is 1. The molecule has 0 aromatic carbocycles. The number of carbonyl (C=O) groups is 3. The van der Waals surface area contributed by atoms with Gasteiger partial charge in [0.2, 0.25) is 0 Å². The van der Waals surface area contributed by atoms with Gasteiger partial charge in [-0.05, 0) is 19.4 Å². The molecular weight excluding hydrogens is 514 g/mol. The van der Waals surface area contributed by atoms with Crippen molar-refractivity contribution in [1.82, 2.24) is 15.2 Å². The van der Waals surface area contributed by atoms with Crippen LogP contribution in [0.3, 0.4) is 0 Å². The lowest BCUT2D eigenvalue weighted by Crippen LogP contribution is -2.71. The number of amides is 2. The zero-order chi connectivity index (χ0) is 26.1. The van der Waals surface area contributed by atoms with Crippen molar-refractivity contribution in [1.29, 1.82) is 0 Å². The van der Waals surface area contributed by atoms with E-state index in [4.69, 9.17) is 24.1 Å².